The molecule has 4 heteroatoms. The minimum Gasteiger partial charge on any atom is -0.350 e. The Labute approximate surface area is 149 Å². The molecule has 2 N–H and O–H groups in total. The van der Waals surface area contributed by atoms with E-state index in [1.54, 1.807) is 0 Å². The van der Waals surface area contributed by atoms with Gasteiger partial charge in [0, 0.05) is 0 Å². The molecular formula is C21H26N2O2. The molecule has 132 valence electrons. The van der Waals surface area contributed by atoms with Gasteiger partial charge >= 0.3 is 0 Å². The first-order valence-corrected chi connectivity index (χ1v) is 8.40. The molecule has 0 atom stereocenters. The van der Waals surface area contributed by atoms with E-state index in [-0.39, 0.29) is 11.1 Å². The molecule has 2 amide bonds. The molecule has 0 aliphatic carbocycles. The van der Waals surface area contributed by atoms with E-state index in [1.165, 1.54) is 11.1 Å². The lowest BCUT2D eigenvalue weighted by atomic mass is 9.91. The molecule has 0 radical (unpaired) electrons. The van der Waals surface area contributed by atoms with Gasteiger partial charge in [0.15, 0.2) is 0 Å². The topological polar surface area (TPSA) is 58.2 Å². The van der Waals surface area contributed by atoms with Crippen LogP contribution in [-0.2, 0) is 27.1 Å². The number of nitrogens with one attached hydrogen (secondary N) is 2. The van der Waals surface area contributed by atoms with E-state index in [9.17, 15) is 9.59 Å². The lowest BCUT2D eigenvalue weighted by Crippen LogP contribution is -2.35. The highest BCUT2D eigenvalue weighted by Crippen LogP contribution is 2.23. The standard InChI is InChI=1S/C21H26N2O2/c1-20(2,22-14-24)18-9-5-16(6-10-18)13-17-7-11-19(12-8-17)21(3,4)23-15-25/h5-12,14-15H,13H2,1-4H3,(H,22,24)(H,23,25). The second-order valence-corrected chi connectivity index (χ2v) is 7.35. The van der Waals surface area contributed by atoms with Crippen molar-refractivity contribution < 1.29 is 9.59 Å². The average molecular weight is 338 g/mol. The van der Waals surface area contributed by atoms with Crippen molar-refractivity contribution in [3.05, 3.63) is 70.8 Å². The first-order valence-electron chi connectivity index (χ1n) is 8.40. The van der Waals surface area contributed by atoms with E-state index in [1.807, 2.05) is 27.7 Å². The van der Waals surface area contributed by atoms with Crippen LogP contribution >= 0.6 is 0 Å². The van der Waals surface area contributed by atoms with Crippen molar-refractivity contribution in [3.8, 4) is 0 Å². The Morgan fingerprint density at radius 1 is 0.680 bits per heavy atom. The fourth-order valence-corrected chi connectivity index (χ4v) is 2.78. The maximum absolute atomic E-state index is 10.7. The van der Waals surface area contributed by atoms with Crippen molar-refractivity contribution in [2.75, 3.05) is 0 Å². The molecule has 4 nitrogen and oxygen atoms in total. The zero-order valence-electron chi connectivity index (χ0n) is 15.3. The molecule has 2 rings (SSSR count). The summed E-state index contributed by atoms with van der Waals surface area (Å²) in [6, 6.07) is 16.6. The van der Waals surface area contributed by atoms with Crippen LogP contribution in [0.1, 0.15) is 49.9 Å². The summed E-state index contributed by atoms with van der Waals surface area (Å²) in [6.07, 6.45) is 2.30. The third kappa shape index (κ3) is 4.69. The van der Waals surface area contributed by atoms with Crippen LogP contribution in [0.5, 0.6) is 0 Å². The number of hydrogen-bond acceptors (Lipinski definition) is 2. The predicted molar refractivity (Wildman–Crippen MR) is 100 cm³/mol. The van der Waals surface area contributed by atoms with Crippen LogP contribution in [0.4, 0.5) is 0 Å². The molecule has 0 aromatic heterocycles. The van der Waals surface area contributed by atoms with Crippen molar-refractivity contribution in [2.45, 2.75) is 45.2 Å². The third-order valence-electron chi connectivity index (χ3n) is 4.60. The summed E-state index contributed by atoms with van der Waals surface area (Å²) in [7, 11) is 0. The summed E-state index contributed by atoms with van der Waals surface area (Å²) >= 11 is 0. The molecule has 0 heterocycles. The van der Waals surface area contributed by atoms with Crippen molar-refractivity contribution >= 4 is 12.8 Å². The number of carbonyl (C=O) groups is 2. The third-order valence-corrected chi connectivity index (χ3v) is 4.60. The summed E-state index contributed by atoms with van der Waals surface area (Å²) in [5.74, 6) is 0. The fraction of sp³-hybridized carbons (Fsp3) is 0.333. The van der Waals surface area contributed by atoms with Crippen LogP contribution in [0.15, 0.2) is 48.5 Å². The zero-order chi connectivity index (χ0) is 18.5. The van der Waals surface area contributed by atoms with Crippen molar-refractivity contribution in [1.29, 1.82) is 0 Å². The fourth-order valence-electron chi connectivity index (χ4n) is 2.78. The van der Waals surface area contributed by atoms with Gasteiger partial charge < -0.3 is 10.6 Å². The van der Waals surface area contributed by atoms with Gasteiger partial charge in [0.1, 0.15) is 0 Å². The average Bonchev–Trinajstić information content (AvgIpc) is 2.56. The Balaban J connectivity index is 2.10. The Kier molecular flexibility index (Phi) is 5.62. The number of hydrogen-bond donors (Lipinski definition) is 2. The highest BCUT2D eigenvalue weighted by Gasteiger charge is 2.19. The maximum atomic E-state index is 10.7. The van der Waals surface area contributed by atoms with Crippen LogP contribution in [0.2, 0.25) is 0 Å². The number of benzene rings is 2. The largest absolute Gasteiger partial charge is 0.350 e. The SMILES string of the molecule is CC(C)(NC=O)c1ccc(Cc2ccc(C(C)(C)NC=O)cc2)cc1. The van der Waals surface area contributed by atoms with Gasteiger partial charge in [-0.25, -0.2) is 0 Å². The molecule has 2 aromatic rings. The van der Waals surface area contributed by atoms with E-state index in [0.29, 0.717) is 0 Å². The van der Waals surface area contributed by atoms with Gasteiger partial charge in [-0.1, -0.05) is 48.5 Å². The van der Waals surface area contributed by atoms with Crippen molar-refractivity contribution in [2.24, 2.45) is 0 Å². The lowest BCUT2D eigenvalue weighted by molar-refractivity contribution is -0.111. The van der Waals surface area contributed by atoms with Crippen LogP contribution < -0.4 is 10.6 Å². The molecule has 0 saturated heterocycles. The molecule has 0 aliphatic rings. The van der Waals surface area contributed by atoms with Crippen molar-refractivity contribution in [3.63, 3.8) is 0 Å². The van der Waals surface area contributed by atoms with Gasteiger partial charge in [-0.2, -0.15) is 0 Å². The van der Waals surface area contributed by atoms with Crippen molar-refractivity contribution in [1.82, 2.24) is 10.6 Å². The minimum absolute atomic E-state index is 0.376. The summed E-state index contributed by atoms with van der Waals surface area (Å²) in [5, 5.41) is 5.65. The first kappa shape index (κ1) is 18.7. The van der Waals surface area contributed by atoms with Gasteiger partial charge in [-0.3, -0.25) is 9.59 Å². The molecule has 0 saturated carbocycles. The quantitative estimate of drug-likeness (QED) is 0.726. The van der Waals surface area contributed by atoms with E-state index in [4.69, 9.17) is 0 Å². The van der Waals surface area contributed by atoms with E-state index in [2.05, 4.69) is 59.2 Å². The van der Waals surface area contributed by atoms with Gasteiger partial charge in [0.25, 0.3) is 0 Å². The molecule has 0 unspecified atom stereocenters. The van der Waals surface area contributed by atoms with Gasteiger partial charge in [0.05, 0.1) is 11.1 Å². The highest BCUT2D eigenvalue weighted by molar-refractivity contribution is 5.50. The Hall–Kier alpha value is -2.62. The number of carbonyl (C=O) groups excluding carboxylic acids is 2. The van der Waals surface area contributed by atoms with Gasteiger partial charge in [-0.15, -0.1) is 0 Å². The number of rotatable bonds is 8. The smallest absolute Gasteiger partial charge is 0.207 e. The summed E-state index contributed by atoms with van der Waals surface area (Å²) in [6.45, 7) is 7.91. The molecule has 0 fully saturated rings. The van der Waals surface area contributed by atoms with E-state index >= 15 is 0 Å². The Bertz CT molecular complexity index is 653. The molecule has 25 heavy (non-hydrogen) atoms. The van der Waals surface area contributed by atoms with Crippen LogP contribution in [-0.4, -0.2) is 12.8 Å². The lowest BCUT2D eigenvalue weighted by Gasteiger charge is -2.25. The Morgan fingerprint density at radius 2 is 1.00 bits per heavy atom. The second kappa shape index (κ2) is 7.51. The predicted octanol–water partition coefficient (Wildman–Crippen LogP) is 3.24. The monoisotopic (exact) mass is 338 g/mol. The summed E-state index contributed by atoms with van der Waals surface area (Å²) in [4.78, 5) is 21.4. The molecule has 2 aromatic carbocycles. The van der Waals surface area contributed by atoms with E-state index < -0.39 is 0 Å². The molecule has 0 spiro atoms. The highest BCUT2D eigenvalue weighted by atomic mass is 16.1. The maximum Gasteiger partial charge on any atom is 0.207 e. The minimum atomic E-state index is -0.376. The Morgan fingerprint density at radius 3 is 1.28 bits per heavy atom. The first-order chi connectivity index (χ1) is 11.8. The van der Waals surface area contributed by atoms with Crippen LogP contribution in [0.25, 0.3) is 0 Å². The van der Waals surface area contributed by atoms with Crippen LogP contribution in [0, 0.1) is 0 Å². The van der Waals surface area contributed by atoms with Crippen LogP contribution in [0.3, 0.4) is 0 Å². The second-order valence-electron chi connectivity index (χ2n) is 7.35. The summed E-state index contributed by atoms with van der Waals surface area (Å²) < 4.78 is 0. The molecule has 0 aliphatic heterocycles. The zero-order valence-corrected chi connectivity index (χ0v) is 15.3. The van der Waals surface area contributed by atoms with Gasteiger partial charge in [0.2, 0.25) is 12.8 Å². The normalized spacial score (nSPS) is 11.7. The summed E-state index contributed by atoms with van der Waals surface area (Å²) in [5.41, 5.74) is 3.81. The van der Waals surface area contributed by atoms with Gasteiger partial charge in [-0.05, 0) is 56.4 Å². The van der Waals surface area contributed by atoms with E-state index in [0.717, 1.165) is 30.4 Å². The molecular weight excluding hydrogens is 312 g/mol. The number of amides is 2. The molecule has 0 bridgehead atoms.